The van der Waals surface area contributed by atoms with Crippen molar-refractivity contribution in [2.24, 2.45) is 0 Å². The Morgan fingerprint density at radius 1 is 1.10 bits per heavy atom. The number of nitrogens with zero attached hydrogens (tertiary/aromatic N) is 6. The van der Waals surface area contributed by atoms with E-state index in [1.54, 1.807) is 6.07 Å². The Bertz CT molecular complexity index is 1250. The van der Waals surface area contributed by atoms with Gasteiger partial charge in [-0.15, -0.1) is 0 Å². The van der Waals surface area contributed by atoms with E-state index in [1.165, 1.54) is 15.4 Å². The molecule has 0 amide bonds. The minimum atomic E-state index is -0.421. The molecule has 30 heavy (non-hydrogen) atoms. The van der Waals surface area contributed by atoms with Crippen LogP contribution >= 0.6 is 11.6 Å². The first-order valence-corrected chi connectivity index (χ1v) is 10.1. The molecule has 4 aromatic rings. The maximum atomic E-state index is 12.9. The number of aryl methyl sites for hydroxylation is 2. The predicted octanol–water partition coefficient (Wildman–Crippen LogP) is 2.40. The van der Waals surface area contributed by atoms with Crippen LogP contribution in [0.5, 0.6) is 0 Å². The second-order valence-corrected chi connectivity index (χ2v) is 7.19. The van der Waals surface area contributed by atoms with Gasteiger partial charge in [-0.25, -0.2) is 4.79 Å². The zero-order valence-electron chi connectivity index (χ0n) is 16.3. The van der Waals surface area contributed by atoms with Crippen LogP contribution in [0, 0.1) is 0 Å². The van der Waals surface area contributed by atoms with E-state index < -0.39 is 5.56 Å². The SMILES string of the molecule is CCCCn1c(=O)n(CCCCc2noc(-c3ccon3)n2)c(=O)c2[nH]c(Cl)nc21. The lowest BCUT2D eigenvalue weighted by Crippen LogP contribution is -2.40. The molecule has 0 aliphatic carbocycles. The topological polar surface area (TPSA) is 138 Å². The molecule has 0 aliphatic rings. The van der Waals surface area contributed by atoms with Gasteiger partial charge in [0.15, 0.2) is 22.7 Å². The molecule has 1 N–H and O–H groups in total. The Labute approximate surface area is 174 Å². The Morgan fingerprint density at radius 2 is 1.93 bits per heavy atom. The number of nitrogens with one attached hydrogen (secondary N) is 1. The van der Waals surface area contributed by atoms with Crippen LogP contribution in [-0.4, -0.2) is 34.4 Å². The quantitative estimate of drug-likeness (QED) is 0.313. The van der Waals surface area contributed by atoms with Crippen molar-refractivity contribution in [1.82, 2.24) is 34.4 Å². The van der Waals surface area contributed by atoms with Crippen molar-refractivity contribution >= 4 is 22.8 Å². The summed E-state index contributed by atoms with van der Waals surface area (Å²) in [6.45, 7) is 2.77. The number of H-pyrrole nitrogens is 1. The molecule has 0 radical (unpaired) electrons. The number of hydrogen-bond donors (Lipinski definition) is 1. The molecule has 4 heterocycles. The second kappa shape index (κ2) is 8.66. The smallest absolute Gasteiger partial charge is 0.332 e. The Hall–Kier alpha value is -3.21. The van der Waals surface area contributed by atoms with Crippen LogP contribution in [-0.2, 0) is 19.5 Å². The van der Waals surface area contributed by atoms with Crippen LogP contribution in [0.25, 0.3) is 22.7 Å². The van der Waals surface area contributed by atoms with E-state index in [0.29, 0.717) is 43.0 Å². The average Bonchev–Trinajstić information content (AvgIpc) is 3.47. The summed E-state index contributed by atoms with van der Waals surface area (Å²) in [5, 5.41) is 7.75. The summed E-state index contributed by atoms with van der Waals surface area (Å²) in [7, 11) is 0. The highest BCUT2D eigenvalue weighted by atomic mass is 35.5. The molecule has 0 spiro atoms. The van der Waals surface area contributed by atoms with Crippen molar-refractivity contribution in [3.63, 3.8) is 0 Å². The van der Waals surface area contributed by atoms with Crippen molar-refractivity contribution in [2.75, 3.05) is 0 Å². The molecule has 0 bridgehead atoms. The van der Waals surface area contributed by atoms with Gasteiger partial charge in [-0.3, -0.25) is 13.9 Å². The highest BCUT2D eigenvalue weighted by molar-refractivity contribution is 6.28. The van der Waals surface area contributed by atoms with Crippen molar-refractivity contribution < 1.29 is 9.05 Å². The first-order chi connectivity index (χ1) is 14.6. The standard InChI is InChI=1S/C18H20ClN7O4/c1-2-3-8-25-14-13(21-17(19)22-14)16(27)26(18(25)28)9-5-4-6-12-20-15(30-24-12)11-7-10-29-23-11/h7,10H,2-6,8-9H2,1H3,(H,21,22). The highest BCUT2D eigenvalue weighted by Crippen LogP contribution is 2.15. The molecule has 0 unspecified atom stereocenters. The number of imidazole rings is 1. The number of aromatic nitrogens is 7. The van der Waals surface area contributed by atoms with Gasteiger partial charge in [-0.2, -0.15) is 9.97 Å². The highest BCUT2D eigenvalue weighted by Gasteiger charge is 2.17. The Kier molecular flexibility index (Phi) is 5.79. The summed E-state index contributed by atoms with van der Waals surface area (Å²) < 4.78 is 12.6. The monoisotopic (exact) mass is 433 g/mol. The minimum absolute atomic E-state index is 0.0875. The van der Waals surface area contributed by atoms with Gasteiger partial charge in [0.05, 0.1) is 0 Å². The van der Waals surface area contributed by atoms with Crippen molar-refractivity contribution in [3.8, 4) is 11.6 Å². The van der Waals surface area contributed by atoms with E-state index in [-0.39, 0.29) is 28.9 Å². The van der Waals surface area contributed by atoms with E-state index in [2.05, 4.69) is 25.3 Å². The van der Waals surface area contributed by atoms with Gasteiger partial charge >= 0.3 is 5.69 Å². The zero-order valence-corrected chi connectivity index (χ0v) is 17.1. The molecule has 0 atom stereocenters. The van der Waals surface area contributed by atoms with E-state index in [4.69, 9.17) is 20.6 Å². The zero-order chi connectivity index (χ0) is 21.1. The lowest BCUT2D eigenvalue weighted by Gasteiger charge is -2.10. The largest absolute Gasteiger partial charge is 0.364 e. The molecule has 158 valence electrons. The van der Waals surface area contributed by atoms with E-state index in [1.807, 2.05) is 6.92 Å². The van der Waals surface area contributed by atoms with E-state index in [0.717, 1.165) is 12.8 Å². The maximum absolute atomic E-state index is 12.9. The van der Waals surface area contributed by atoms with Gasteiger partial charge in [0.25, 0.3) is 11.4 Å². The van der Waals surface area contributed by atoms with Gasteiger partial charge in [-0.1, -0.05) is 23.7 Å². The lowest BCUT2D eigenvalue weighted by atomic mass is 10.2. The maximum Gasteiger partial charge on any atom is 0.332 e. The fourth-order valence-electron chi connectivity index (χ4n) is 3.19. The lowest BCUT2D eigenvalue weighted by molar-refractivity contribution is 0.401. The van der Waals surface area contributed by atoms with Crippen LogP contribution in [0.3, 0.4) is 0 Å². The molecule has 0 saturated carbocycles. The second-order valence-electron chi connectivity index (χ2n) is 6.83. The number of unbranched alkanes of at least 4 members (excludes halogenated alkanes) is 2. The molecule has 0 aromatic carbocycles. The van der Waals surface area contributed by atoms with Crippen LogP contribution < -0.4 is 11.2 Å². The summed E-state index contributed by atoms with van der Waals surface area (Å²) in [5.74, 6) is 0.812. The fraction of sp³-hybridized carbons (Fsp3) is 0.444. The normalized spacial score (nSPS) is 11.5. The number of aromatic amines is 1. The first kappa shape index (κ1) is 20.1. The molecule has 12 heteroatoms. The van der Waals surface area contributed by atoms with Gasteiger partial charge < -0.3 is 14.0 Å². The molecule has 4 rings (SSSR count). The molecular formula is C18H20ClN7O4. The number of fused-ring (bicyclic) bond motifs is 1. The van der Waals surface area contributed by atoms with Gasteiger partial charge in [0.1, 0.15) is 6.26 Å². The first-order valence-electron chi connectivity index (χ1n) is 9.70. The summed E-state index contributed by atoms with van der Waals surface area (Å²) >= 11 is 5.94. The number of halogens is 1. The molecule has 0 saturated heterocycles. The molecule has 11 nitrogen and oxygen atoms in total. The Morgan fingerprint density at radius 3 is 2.70 bits per heavy atom. The number of rotatable bonds is 9. The summed E-state index contributed by atoms with van der Waals surface area (Å²) in [4.78, 5) is 36.8. The van der Waals surface area contributed by atoms with E-state index >= 15 is 0 Å². The van der Waals surface area contributed by atoms with Gasteiger partial charge in [-0.05, 0) is 30.9 Å². The fourth-order valence-corrected chi connectivity index (χ4v) is 3.36. The third-order valence-electron chi connectivity index (χ3n) is 4.72. The van der Waals surface area contributed by atoms with Crippen LogP contribution in [0.1, 0.15) is 38.4 Å². The summed E-state index contributed by atoms with van der Waals surface area (Å²) in [5.41, 5.74) is 0.212. The predicted molar refractivity (Wildman–Crippen MR) is 107 cm³/mol. The van der Waals surface area contributed by atoms with Crippen molar-refractivity contribution in [2.45, 2.75) is 52.1 Å². The molecule has 4 aromatic heterocycles. The third-order valence-corrected chi connectivity index (χ3v) is 4.90. The number of hydrogen-bond acceptors (Lipinski definition) is 8. The average molecular weight is 434 g/mol. The van der Waals surface area contributed by atoms with Crippen LogP contribution in [0.15, 0.2) is 31.0 Å². The third kappa shape index (κ3) is 3.92. The minimum Gasteiger partial charge on any atom is -0.364 e. The molecule has 0 aliphatic heterocycles. The van der Waals surface area contributed by atoms with Crippen LogP contribution in [0.4, 0.5) is 0 Å². The van der Waals surface area contributed by atoms with Crippen LogP contribution in [0.2, 0.25) is 5.28 Å². The summed E-state index contributed by atoms with van der Waals surface area (Å²) in [6.07, 6.45) is 4.92. The van der Waals surface area contributed by atoms with Crippen molar-refractivity contribution in [3.05, 3.63) is 44.3 Å². The van der Waals surface area contributed by atoms with Crippen molar-refractivity contribution in [1.29, 1.82) is 0 Å². The molecular weight excluding hydrogens is 414 g/mol. The summed E-state index contributed by atoms with van der Waals surface area (Å²) in [6, 6.07) is 1.63. The van der Waals surface area contributed by atoms with E-state index in [9.17, 15) is 9.59 Å². The van der Waals surface area contributed by atoms with Gasteiger partial charge in [0, 0.05) is 25.6 Å². The molecule has 0 fully saturated rings. The Balaban J connectivity index is 1.47. The van der Waals surface area contributed by atoms with Gasteiger partial charge in [0.2, 0.25) is 5.28 Å².